The first-order chi connectivity index (χ1) is 8.50. The Kier molecular flexibility index (Phi) is 3.96. The maximum atomic E-state index is 3.51. The maximum absolute atomic E-state index is 3.51. The molecule has 1 heterocycles. The fourth-order valence-corrected chi connectivity index (χ4v) is 2.87. The van der Waals surface area contributed by atoms with Crippen LogP contribution in [0.3, 0.4) is 0 Å². The average Bonchev–Trinajstić information content (AvgIpc) is 2.27. The number of nitrogens with one attached hydrogen (secondary N) is 1. The monoisotopic (exact) mass is 246 g/mol. The Hall–Kier alpha value is -1.02. The number of hydrogen-bond donors (Lipinski definition) is 1. The Balaban J connectivity index is 2.32. The van der Waals surface area contributed by atoms with E-state index in [-0.39, 0.29) is 5.54 Å². The van der Waals surface area contributed by atoms with Gasteiger partial charge in [-0.15, -0.1) is 0 Å². The zero-order valence-corrected chi connectivity index (χ0v) is 12.2. The van der Waals surface area contributed by atoms with E-state index in [2.05, 4.69) is 56.1 Å². The highest BCUT2D eigenvalue weighted by Gasteiger charge is 2.28. The summed E-state index contributed by atoms with van der Waals surface area (Å²) in [5.74, 6) is 0. The minimum Gasteiger partial charge on any atom is -0.366 e. The molecule has 0 unspecified atom stereocenters. The molecule has 1 saturated heterocycles. The third kappa shape index (κ3) is 2.86. The van der Waals surface area contributed by atoms with Gasteiger partial charge in [0.15, 0.2) is 0 Å². The smallest absolute Gasteiger partial charge is 0.0400 e. The molecule has 18 heavy (non-hydrogen) atoms. The molecule has 0 atom stereocenters. The largest absolute Gasteiger partial charge is 0.366 e. The number of rotatable bonds is 1. The van der Waals surface area contributed by atoms with Gasteiger partial charge >= 0.3 is 0 Å². The molecule has 0 saturated carbocycles. The molecule has 1 fully saturated rings. The highest BCUT2D eigenvalue weighted by Crippen LogP contribution is 2.30. The van der Waals surface area contributed by atoms with Crippen LogP contribution in [0, 0.1) is 13.8 Å². The van der Waals surface area contributed by atoms with Gasteiger partial charge in [-0.05, 0) is 65.3 Å². The second-order valence-corrected chi connectivity index (χ2v) is 6.11. The van der Waals surface area contributed by atoms with Crippen molar-refractivity contribution >= 4 is 5.69 Å². The molecule has 2 nitrogen and oxygen atoms in total. The normalized spacial score (nSPS) is 20.3. The third-order valence-corrected chi connectivity index (χ3v) is 4.02. The van der Waals surface area contributed by atoms with Gasteiger partial charge in [0, 0.05) is 17.8 Å². The number of nitrogens with zero attached hydrogens (tertiary/aromatic N) is 1. The van der Waals surface area contributed by atoms with Gasteiger partial charge in [-0.25, -0.2) is 0 Å². The number of aryl methyl sites for hydroxylation is 2. The molecule has 1 aliphatic rings. The molecule has 0 spiro atoms. The van der Waals surface area contributed by atoms with Crippen molar-refractivity contribution in [1.82, 2.24) is 5.32 Å². The van der Waals surface area contributed by atoms with E-state index < -0.39 is 0 Å². The summed E-state index contributed by atoms with van der Waals surface area (Å²) in [4.78, 5) is 2.60. The summed E-state index contributed by atoms with van der Waals surface area (Å²) in [6, 6.07) is 6.82. The van der Waals surface area contributed by atoms with Crippen LogP contribution in [-0.2, 0) is 0 Å². The van der Waals surface area contributed by atoms with Gasteiger partial charge in [0.1, 0.15) is 0 Å². The van der Waals surface area contributed by atoms with Gasteiger partial charge in [-0.2, -0.15) is 0 Å². The molecule has 1 N–H and O–H groups in total. The van der Waals surface area contributed by atoms with Crippen molar-refractivity contribution in [2.75, 3.05) is 24.5 Å². The van der Waals surface area contributed by atoms with E-state index in [1.807, 2.05) is 0 Å². The second-order valence-electron chi connectivity index (χ2n) is 6.11. The molecule has 2 rings (SSSR count). The molecule has 0 bridgehead atoms. The van der Waals surface area contributed by atoms with Gasteiger partial charge in [-0.3, -0.25) is 0 Å². The SMILES string of the molecule is Cc1ccc(N2CCCNCCC2(C)C)c(C)c1. The van der Waals surface area contributed by atoms with E-state index in [1.54, 1.807) is 0 Å². The molecule has 2 heteroatoms. The Bertz CT molecular complexity index is 410. The van der Waals surface area contributed by atoms with Gasteiger partial charge in [-0.1, -0.05) is 17.7 Å². The predicted octanol–water partition coefficient (Wildman–Crippen LogP) is 3.27. The van der Waals surface area contributed by atoms with Crippen molar-refractivity contribution in [1.29, 1.82) is 0 Å². The second kappa shape index (κ2) is 5.31. The third-order valence-electron chi connectivity index (χ3n) is 4.02. The lowest BCUT2D eigenvalue weighted by Gasteiger charge is -2.43. The van der Waals surface area contributed by atoms with Crippen LogP contribution in [0.25, 0.3) is 0 Å². The van der Waals surface area contributed by atoms with Crippen molar-refractivity contribution in [2.24, 2.45) is 0 Å². The van der Waals surface area contributed by atoms with Crippen molar-refractivity contribution in [3.8, 4) is 0 Å². The summed E-state index contributed by atoms with van der Waals surface area (Å²) in [6.45, 7) is 12.5. The highest BCUT2D eigenvalue weighted by molar-refractivity contribution is 5.56. The first-order valence-corrected chi connectivity index (χ1v) is 7.06. The Morgan fingerprint density at radius 2 is 1.94 bits per heavy atom. The Morgan fingerprint density at radius 1 is 1.17 bits per heavy atom. The molecular weight excluding hydrogens is 220 g/mol. The van der Waals surface area contributed by atoms with Crippen LogP contribution in [0.1, 0.15) is 37.8 Å². The van der Waals surface area contributed by atoms with Gasteiger partial charge < -0.3 is 10.2 Å². The van der Waals surface area contributed by atoms with Gasteiger partial charge in [0.2, 0.25) is 0 Å². The molecule has 1 aromatic rings. The van der Waals surface area contributed by atoms with E-state index >= 15 is 0 Å². The lowest BCUT2D eigenvalue weighted by Crippen LogP contribution is -2.49. The summed E-state index contributed by atoms with van der Waals surface area (Å²) in [6.07, 6.45) is 2.41. The van der Waals surface area contributed by atoms with Crippen LogP contribution in [0.15, 0.2) is 18.2 Å². The molecule has 0 amide bonds. The molecule has 0 aliphatic carbocycles. The molecule has 0 radical (unpaired) electrons. The summed E-state index contributed by atoms with van der Waals surface area (Å²) in [5.41, 5.74) is 4.39. The summed E-state index contributed by atoms with van der Waals surface area (Å²) >= 11 is 0. The standard InChI is InChI=1S/C16H26N2/c1-13-6-7-15(14(2)12-13)18-11-5-9-17-10-8-16(18,3)4/h6-7,12,17H,5,8-11H2,1-4H3. The van der Waals surface area contributed by atoms with E-state index in [0.29, 0.717) is 0 Å². The predicted molar refractivity (Wildman–Crippen MR) is 79.4 cm³/mol. The quantitative estimate of drug-likeness (QED) is 0.818. The van der Waals surface area contributed by atoms with Crippen molar-refractivity contribution < 1.29 is 0 Å². The first-order valence-electron chi connectivity index (χ1n) is 7.06. The van der Waals surface area contributed by atoms with Crippen LogP contribution in [0.4, 0.5) is 5.69 Å². The molecular formula is C16H26N2. The Morgan fingerprint density at radius 3 is 2.67 bits per heavy atom. The molecule has 1 aromatic carbocycles. The van der Waals surface area contributed by atoms with Crippen LogP contribution in [0.2, 0.25) is 0 Å². The van der Waals surface area contributed by atoms with Crippen molar-refractivity contribution in [3.05, 3.63) is 29.3 Å². The minimum absolute atomic E-state index is 0.230. The lowest BCUT2D eigenvalue weighted by atomic mass is 9.94. The Labute approximate surface area is 111 Å². The van der Waals surface area contributed by atoms with Crippen LogP contribution in [-0.4, -0.2) is 25.2 Å². The van der Waals surface area contributed by atoms with Crippen LogP contribution in [0.5, 0.6) is 0 Å². The first kappa shape index (κ1) is 13.4. The number of benzene rings is 1. The summed E-state index contributed by atoms with van der Waals surface area (Å²) in [5, 5.41) is 3.51. The van der Waals surface area contributed by atoms with Gasteiger partial charge in [0.05, 0.1) is 0 Å². The fraction of sp³-hybridized carbons (Fsp3) is 0.625. The highest BCUT2D eigenvalue weighted by atomic mass is 15.2. The van der Waals surface area contributed by atoms with E-state index in [1.165, 1.54) is 29.7 Å². The number of anilines is 1. The fourth-order valence-electron chi connectivity index (χ4n) is 2.87. The molecule has 100 valence electrons. The van der Waals surface area contributed by atoms with E-state index in [0.717, 1.165) is 19.6 Å². The van der Waals surface area contributed by atoms with Gasteiger partial charge in [0.25, 0.3) is 0 Å². The zero-order chi connectivity index (χ0) is 13.2. The molecule has 0 aromatic heterocycles. The van der Waals surface area contributed by atoms with E-state index in [9.17, 15) is 0 Å². The van der Waals surface area contributed by atoms with Crippen LogP contribution < -0.4 is 10.2 Å². The summed E-state index contributed by atoms with van der Waals surface area (Å²) in [7, 11) is 0. The minimum atomic E-state index is 0.230. The maximum Gasteiger partial charge on any atom is 0.0400 e. The van der Waals surface area contributed by atoms with E-state index in [4.69, 9.17) is 0 Å². The number of hydrogen-bond acceptors (Lipinski definition) is 2. The van der Waals surface area contributed by atoms with Crippen LogP contribution >= 0.6 is 0 Å². The zero-order valence-electron chi connectivity index (χ0n) is 12.2. The summed E-state index contributed by atoms with van der Waals surface area (Å²) < 4.78 is 0. The lowest BCUT2D eigenvalue weighted by molar-refractivity contribution is 0.387. The van der Waals surface area contributed by atoms with Crippen molar-refractivity contribution in [3.63, 3.8) is 0 Å². The van der Waals surface area contributed by atoms with Crippen molar-refractivity contribution in [2.45, 2.75) is 46.1 Å². The topological polar surface area (TPSA) is 15.3 Å². The average molecular weight is 246 g/mol. The molecule has 1 aliphatic heterocycles.